The first-order chi connectivity index (χ1) is 8.64. The molecule has 1 fully saturated rings. The molecule has 1 aromatic rings. The highest BCUT2D eigenvalue weighted by Crippen LogP contribution is 2.50. The number of rotatable bonds is 3. The Kier molecular flexibility index (Phi) is 3.60. The van der Waals surface area contributed by atoms with E-state index in [4.69, 9.17) is 16.3 Å². The van der Waals surface area contributed by atoms with Crippen molar-refractivity contribution in [2.45, 2.75) is 31.2 Å². The maximum atomic E-state index is 10.7. The van der Waals surface area contributed by atoms with Crippen molar-refractivity contribution in [3.8, 4) is 11.5 Å². The van der Waals surface area contributed by atoms with Crippen molar-refractivity contribution in [2.75, 3.05) is 7.11 Å². The van der Waals surface area contributed by atoms with Crippen LogP contribution in [0.2, 0.25) is 5.02 Å². The van der Waals surface area contributed by atoms with Gasteiger partial charge in [0.15, 0.2) is 11.5 Å². The fraction of sp³-hybridized carbons (Fsp3) is 0.462. The molecule has 0 aromatic heterocycles. The molecule has 1 aromatic carbocycles. The van der Waals surface area contributed by atoms with Crippen molar-refractivity contribution >= 4 is 17.7 Å². The van der Waals surface area contributed by atoms with Crippen LogP contribution in [-0.2, 0) is 10.3 Å². The van der Waals surface area contributed by atoms with Gasteiger partial charge >= 0.3 is 0 Å². The molecular weight excluding hydrogens is 254 g/mol. The van der Waals surface area contributed by atoms with Crippen molar-refractivity contribution in [1.29, 1.82) is 0 Å². The molecule has 0 spiro atoms. The van der Waals surface area contributed by atoms with Crippen LogP contribution in [0.3, 0.4) is 0 Å². The van der Waals surface area contributed by atoms with Gasteiger partial charge in [0.05, 0.1) is 12.1 Å². The largest absolute Gasteiger partial charge is 0.504 e. The number of benzene rings is 1. The lowest BCUT2D eigenvalue weighted by molar-refractivity contribution is 0.355. The van der Waals surface area contributed by atoms with Crippen LogP contribution in [0.4, 0.5) is 0 Å². The van der Waals surface area contributed by atoms with E-state index < -0.39 is 5.54 Å². The third-order valence-electron chi connectivity index (χ3n) is 3.47. The van der Waals surface area contributed by atoms with Gasteiger partial charge < -0.3 is 9.84 Å². The minimum Gasteiger partial charge on any atom is -0.504 e. The Morgan fingerprint density at radius 2 is 2.11 bits per heavy atom. The lowest BCUT2D eigenvalue weighted by atomic mass is 9.88. The SMILES string of the molecule is COc1ccc(Cl)c(C2(N=C=O)CCCC2)c1O. The van der Waals surface area contributed by atoms with Crippen LogP contribution < -0.4 is 4.74 Å². The van der Waals surface area contributed by atoms with Crippen molar-refractivity contribution in [1.82, 2.24) is 0 Å². The molecule has 96 valence electrons. The third kappa shape index (κ3) is 1.98. The van der Waals surface area contributed by atoms with Gasteiger partial charge in [0.2, 0.25) is 6.08 Å². The Balaban J connectivity index is 2.64. The van der Waals surface area contributed by atoms with E-state index in [-0.39, 0.29) is 5.75 Å². The number of carbonyl (C=O) groups excluding carboxylic acids is 1. The Labute approximate surface area is 110 Å². The Hall–Kier alpha value is -1.51. The zero-order valence-corrected chi connectivity index (χ0v) is 10.8. The van der Waals surface area contributed by atoms with Gasteiger partial charge in [0.25, 0.3) is 0 Å². The summed E-state index contributed by atoms with van der Waals surface area (Å²) in [5.74, 6) is 0.299. The average Bonchev–Trinajstić information content (AvgIpc) is 2.79. The second kappa shape index (κ2) is 5.01. The van der Waals surface area contributed by atoms with E-state index in [0.717, 1.165) is 12.8 Å². The number of phenols is 1. The maximum Gasteiger partial charge on any atom is 0.235 e. The van der Waals surface area contributed by atoms with Crippen LogP contribution in [0.25, 0.3) is 0 Å². The predicted octanol–water partition coefficient (Wildman–Crippen LogP) is 3.16. The zero-order chi connectivity index (χ0) is 13.2. The summed E-state index contributed by atoms with van der Waals surface area (Å²) in [4.78, 5) is 14.6. The molecule has 0 atom stereocenters. The van der Waals surface area contributed by atoms with Crippen LogP contribution in [0.15, 0.2) is 17.1 Å². The monoisotopic (exact) mass is 267 g/mol. The van der Waals surface area contributed by atoms with Crippen LogP contribution in [0, 0.1) is 0 Å². The van der Waals surface area contributed by atoms with E-state index in [1.807, 2.05) is 0 Å². The van der Waals surface area contributed by atoms with Gasteiger partial charge in [-0.1, -0.05) is 24.4 Å². The molecule has 0 amide bonds. The fourth-order valence-electron chi connectivity index (χ4n) is 2.62. The molecule has 0 radical (unpaired) electrons. The smallest absolute Gasteiger partial charge is 0.235 e. The topological polar surface area (TPSA) is 58.9 Å². The molecule has 0 aliphatic heterocycles. The van der Waals surface area contributed by atoms with Gasteiger partial charge in [-0.05, 0) is 25.0 Å². The maximum absolute atomic E-state index is 10.7. The summed E-state index contributed by atoms with van der Waals surface area (Å²) in [7, 11) is 1.47. The fourth-order valence-corrected chi connectivity index (χ4v) is 2.95. The van der Waals surface area contributed by atoms with E-state index in [0.29, 0.717) is 29.2 Å². The van der Waals surface area contributed by atoms with Gasteiger partial charge in [0.1, 0.15) is 5.54 Å². The Bertz CT molecular complexity index is 503. The molecule has 0 bridgehead atoms. The zero-order valence-electron chi connectivity index (χ0n) is 10.1. The molecule has 1 N–H and O–H groups in total. The minimum atomic E-state index is -0.753. The number of hydrogen-bond acceptors (Lipinski definition) is 4. The Morgan fingerprint density at radius 1 is 1.44 bits per heavy atom. The molecule has 1 aliphatic rings. The van der Waals surface area contributed by atoms with Gasteiger partial charge in [0, 0.05) is 5.56 Å². The number of aliphatic imine (C=N–C) groups is 1. The molecular formula is C13H14ClNO3. The number of methoxy groups -OCH3 is 1. The first kappa shape index (κ1) is 12.9. The first-order valence-electron chi connectivity index (χ1n) is 5.79. The number of nitrogens with zero attached hydrogens (tertiary/aromatic N) is 1. The number of halogens is 1. The number of aromatic hydroxyl groups is 1. The quantitative estimate of drug-likeness (QED) is 0.676. The second-order valence-electron chi connectivity index (χ2n) is 4.42. The molecule has 1 aliphatic carbocycles. The molecule has 0 saturated heterocycles. The van der Waals surface area contributed by atoms with Crippen LogP contribution in [-0.4, -0.2) is 18.3 Å². The summed E-state index contributed by atoms with van der Waals surface area (Å²) >= 11 is 6.16. The van der Waals surface area contributed by atoms with Crippen molar-refractivity contribution < 1.29 is 14.6 Å². The van der Waals surface area contributed by atoms with Gasteiger partial charge in [-0.2, -0.15) is 4.99 Å². The van der Waals surface area contributed by atoms with Gasteiger partial charge in [-0.25, -0.2) is 4.79 Å². The summed E-state index contributed by atoms with van der Waals surface area (Å²) < 4.78 is 5.07. The van der Waals surface area contributed by atoms with E-state index >= 15 is 0 Å². The summed E-state index contributed by atoms with van der Waals surface area (Å²) in [6, 6.07) is 3.24. The molecule has 0 heterocycles. The second-order valence-corrected chi connectivity index (χ2v) is 4.82. The molecule has 5 heteroatoms. The lowest BCUT2D eigenvalue weighted by Gasteiger charge is -2.25. The summed E-state index contributed by atoms with van der Waals surface area (Å²) in [5.41, 5.74) is -0.276. The highest BCUT2D eigenvalue weighted by atomic mass is 35.5. The van der Waals surface area contributed by atoms with Gasteiger partial charge in [-0.3, -0.25) is 0 Å². The van der Waals surface area contributed by atoms with Crippen molar-refractivity contribution in [2.24, 2.45) is 4.99 Å². The average molecular weight is 268 g/mol. The van der Waals surface area contributed by atoms with Gasteiger partial charge in [-0.15, -0.1) is 0 Å². The van der Waals surface area contributed by atoms with E-state index in [1.165, 1.54) is 7.11 Å². The van der Waals surface area contributed by atoms with E-state index in [9.17, 15) is 9.90 Å². The highest BCUT2D eigenvalue weighted by Gasteiger charge is 2.40. The minimum absolute atomic E-state index is 0.0362. The first-order valence-corrected chi connectivity index (χ1v) is 6.17. The Morgan fingerprint density at radius 3 is 2.67 bits per heavy atom. The van der Waals surface area contributed by atoms with E-state index in [1.54, 1.807) is 18.2 Å². The number of ether oxygens (including phenoxy) is 1. The number of hydrogen-bond donors (Lipinski definition) is 1. The van der Waals surface area contributed by atoms with Crippen LogP contribution in [0.1, 0.15) is 31.2 Å². The highest BCUT2D eigenvalue weighted by molar-refractivity contribution is 6.31. The number of phenolic OH excluding ortho intramolecular Hbond substituents is 1. The van der Waals surface area contributed by atoms with Crippen LogP contribution >= 0.6 is 11.6 Å². The van der Waals surface area contributed by atoms with E-state index in [2.05, 4.69) is 4.99 Å². The standard InChI is InChI=1S/C13H14ClNO3/c1-18-10-5-4-9(14)11(12(10)17)13(15-8-16)6-2-3-7-13/h4-5,17H,2-3,6-7H2,1H3. The van der Waals surface area contributed by atoms with Crippen LogP contribution in [0.5, 0.6) is 11.5 Å². The van der Waals surface area contributed by atoms with Crippen molar-refractivity contribution in [3.63, 3.8) is 0 Å². The molecule has 1 saturated carbocycles. The summed E-state index contributed by atoms with van der Waals surface area (Å²) in [6.45, 7) is 0. The molecule has 2 rings (SSSR count). The lowest BCUT2D eigenvalue weighted by Crippen LogP contribution is -2.20. The predicted molar refractivity (Wildman–Crippen MR) is 67.9 cm³/mol. The third-order valence-corrected chi connectivity index (χ3v) is 3.78. The summed E-state index contributed by atoms with van der Waals surface area (Å²) in [6.07, 6.45) is 4.86. The molecule has 18 heavy (non-hydrogen) atoms. The summed E-state index contributed by atoms with van der Waals surface area (Å²) in [5, 5.41) is 10.6. The number of isocyanates is 1. The molecule has 0 unspecified atom stereocenters. The normalized spacial score (nSPS) is 17.2. The van der Waals surface area contributed by atoms with Crippen molar-refractivity contribution in [3.05, 3.63) is 22.7 Å². The molecule has 4 nitrogen and oxygen atoms in total.